The summed E-state index contributed by atoms with van der Waals surface area (Å²) in [5.74, 6) is 1.18. The van der Waals surface area contributed by atoms with E-state index in [2.05, 4.69) is 15.2 Å². The molecule has 126 valence electrons. The zero-order chi connectivity index (χ0) is 16.1. The van der Waals surface area contributed by atoms with Gasteiger partial charge in [0.25, 0.3) is 0 Å². The third kappa shape index (κ3) is 4.52. The molecule has 1 aromatic heterocycles. The Balaban J connectivity index is 1.57. The fourth-order valence-corrected chi connectivity index (χ4v) is 3.77. The molecule has 3 rings (SSSR count). The normalized spacial score (nSPS) is 24.5. The van der Waals surface area contributed by atoms with Crippen LogP contribution in [0, 0.1) is 11.8 Å². The Hall–Kier alpha value is -1.46. The Morgan fingerprint density at radius 1 is 1.39 bits per heavy atom. The standard InChI is InChI=1S/C18H27N3O2/c1-14(22)20-18(17-4-2-3-8-19-17)16-5-9-21(10-6-16)12-15-7-11-23-13-15/h2-4,8,15-16,18H,5-7,9-13H2,1H3,(H,20,22). The molecule has 2 unspecified atom stereocenters. The second-order valence-corrected chi connectivity index (χ2v) is 6.80. The maximum atomic E-state index is 11.6. The van der Waals surface area contributed by atoms with E-state index >= 15 is 0 Å². The van der Waals surface area contributed by atoms with E-state index in [1.165, 1.54) is 6.42 Å². The van der Waals surface area contributed by atoms with Gasteiger partial charge in [-0.05, 0) is 56.3 Å². The maximum Gasteiger partial charge on any atom is 0.217 e. The number of ether oxygens (including phenoxy) is 1. The lowest BCUT2D eigenvalue weighted by Gasteiger charge is -2.36. The third-order valence-electron chi connectivity index (χ3n) is 5.01. The summed E-state index contributed by atoms with van der Waals surface area (Å²) in [6.45, 7) is 6.79. The minimum atomic E-state index is 0.0196. The molecule has 2 atom stereocenters. The molecule has 0 spiro atoms. The van der Waals surface area contributed by atoms with Crippen molar-refractivity contribution in [3.05, 3.63) is 30.1 Å². The molecule has 2 aliphatic heterocycles. The van der Waals surface area contributed by atoms with Crippen molar-refractivity contribution in [2.24, 2.45) is 11.8 Å². The lowest BCUT2D eigenvalue weighted by Crippen LogP contribution is -2.42. The Morgan fingerprint density at radius 3 is 2.83 bits per heavy atom. The first kappa shape index (κ1) is 16.4. The van der Waals surface area contributed by atoms with E-state index in [1.54, 1.807) is 13.1 Å². The van der Waals surface area contributed by atoms with Crippen LogP contribution >= 0.6 is 0 Å². The summed E-state index contributed by atoms with van der Waals surface area (Å²) in [6.07, 6.45) is 5.21. The number of carbonyl (C=O) groups excluding carboxylic acids is 1. The van der Waals surface area contributed by atoms with Gasteiger partial charge in [0.15, 0.2) is 0 Å². The Morgan fingerprint density at radius 2 is 2.22 bits per heavy atom. The van der Waals surface area contributed by atoms with Crippen molar-refractivity contribution in [2.75, 3.05) is 32.8 Å². The highest BCUT2D eigenvalue weighted by Crippen LogP contribution is 2.30. The van der Waals surface area contributed by atoms with Crippen molar-refractivity contribution in [3.63, 3.8) is 0 Å². The van der Waals surface area contributed by atoms with Crippen LogP contribution < -0.4 is 5.32 Å². The number of aromatic nitrogens is 1. The van der Waals surface area contributed by atoms with Crippen LogP contribution in [-0.2, 0) is 9.53 Å². The van der Waals surface area contributed by atoms with Crippen molar-refractivity contribution in [3.8, 4) is 0 Å². The minimum absolute atomic E-state index is 0.0196. The number of amides is 1. The second-order valence-electron chi connectivity index (χ2n) is 6.80. The average Bonchev–Trinajstić information content (AvgIpc) is 3.07. The lowest BCUT2D eigenvalue weighted by atomic mass is 9.87. The molecule has 1 aromatic rings. The van der Waals surface area contributed by atoms with Crippen LogP contribution in [0.25, 0.3) is 0 Å². The van der Waals surface area contributed by atoms with Crippen LogP contribution in [0.1, 0.15) is 37.9 Å². The van der Waals surface area contributed by atoms with Crippen LogP contribution in [0.3, 0.4) is 0 Å². The summed E-state index contributed by atoms with van der Waals surface area (Å²) in [4.78, 5) is 18.6. The molecule has 0 saturated carbocycles. The summed E-state index contributed by atoms with van der Waals surface area (Å²) in [7, 11) is 0. The summed E-state index contributed by atoms with van der Waals surface area (Å²) in [5, 5.41) is 3.11. The van der Waals surface area contributed by atoms with Crippen molar-refractivity contribution in [2.45, 2.75) is 32.2 Å². The summed E-state index contributed by atoms with van der Waals surface area (Å²) in [6, 6.07) is 5.96. The lowest BCUT2D eigenvalue weighted by molar-refractivity contribution is -0.120. The van der Waals surface area contributed by atoms with Crippen LogP contribution in [0.4, 0.5) is 0 Å². The predicted molar refractivity (Wildman–Crippen MR) is 88.9 cm³/mol. The summed E-state index contributed by atoms with van der Waals surface area (Å²) >= 11 is 0. The number of piperidine rings is 1. The first-order valence-corrected chi connectivity index (χ1v) is 8.70. The quantitative estimate of drug-likeness (QED) is 0.902. The zero-order valence-electron chi connectivity index (χ0n) is 13.9. The van der Waals surface area contributed by atoms with E-state index in [0.29, 0.717) is 11.8 Å². The van der Waals surface area contributed by atoms with Crippen molar-refractivity contribution in [1.82, 2.24) is 15.2 Å². The number of rotatable bonds is 5. The molecule has 0 aliphatic carbocycles. The fourth-order valence-electron chi connectivity index (χ4n) is 3.77. The van der Waals surface area contributed by atoms with Gasteiger partial charge < -0.3 is 15.0 Å². The Labute approximate surface area is 138 Å². The molecule has 2 aliphatic rings. The van der Waals surface area contributed by atoms with Crippen molar-refractivity contribution in [1.29, 1.82) is 0 Å². The maximum absolute atomic E-state index is 11.6. The average molecular weight is 317 g/mol. The molecule has 2 saturated heterocycles. The van der Waals surface area contributed by atoms with Crippen LogP contribution in [0.15, 0.2) is 24.4 Å². The van der Waals surface area contributed by atoms with Crippen LogP contribution in [0.5, 0.6) is 0 Å². The first-order valence-electron chi connectivity index (χ1n) is 8.70. The molecule has 3 heterocycles. The highest BCUT2D eigenvalue weighted by atomic mass is 16.5. The molecule has 5 nitrogen and oxygen atoms in total. The first-order chi connectivity index (χ1) is 11.2. The van der Waals surface area contributed by atoms with Gasteiger partial charge in [-0.3, -0.25) is 9.78 Å². The molecule has 1 N–H and O–H groups in total. The minimum Gasteiger partial charge on any atom is -0.381 e. The highest BCUT2D eigenvalue weighted by Gasteiger charge is 2.30. The van der Waals surface area contributed by atoms with E-state index in [4.69, 9.17) is 4.74 Å². The molecule has 0 radical (unpaired) electrons. The Kier molecular flexibility index (Phi) is 5.62. The van der Waals surface area contributed by atoms with Crippen LogP contribution in [-0.4, -0.2) is 48.6 Å². The predicted octanol–water partition coefficient (Wildman–Crippen LogP) is 2.01. The number of pyridine rings is 1. The zero-order valence-corrected chi connectivity index (χ0v) is 13.9. The number of likely N-dealkylation sites (tertiary alicyclic amines) is 1. The monoisotopic (exact) mass is 317 g/mol. The van der Waals surface area contributed by atoms with Gasteiger partial charge in [0, 0.05) is 26.3 Å². The highest BCUT2D eigenvalue weighted by molar-refractivity contribution is 5.73. The second kappa shape index (κ2) is 7.88. The molecular formula is C18H27N3O2. The molecule has 5 heteroatoms. The van der Waals surface area contributed by atoms with E-state index in [-0.39, 0.29) is 11.9 Å². The van der Waals surface area contributed by atoms with Gasteiger partial charge in [0.05, 0.1) is 18.3 Å². The fraction of sp³-hybridized carbons (Fsp3) is 0.667. The summed E-state index contributed by atoms with van der Waals surface area (Å²) in [5.41, 5.74) is 0.977. The van der Waals surface area contributed by atoms with Gasteiger partial charge in [0.2, 0.25) is 5.91 Å². The SMILES string of the molecule is CC(=O)NC(c1ccccn1)C1CCN(CC2CCOC2)CC1. The smallest absolute Gasteiger partial charge is 0.217 e. The van der Waals surface area contributed by atoms with E-state index in [1.807, 2.05) is 18.2 Å². The number of hydrogen-bond donors (Lipinski definition) is 1. The van der Waals surface area contributed by atoms with Crippen molar-refractivity contribution >= 4 is 5.91 Å². The largest absolute Gasteiger partial charge is 0.381 e. The molecule has 23 heavy (non-hydrogen) atoms. The van der Waals surface area contributed by atoms with Gasteiger partial charge in [-0.1, -0.05) is 6.07 Å². The van der Waals surface area contributed by atoms with E-state index in [0.717, 1.165) is 51.4 Å². The van der Waals surface area contributed by atoms with Gasteiger partial charge in [0.1, 0.15) is 0 Å². The number of carbonyl (C=O) groups is 1. The van der Waals surface area contributed by atoms with Crippen molar-refractivity contribution < 1.29 is 9.53 Å². The van der Waals surface area contributed by atoms with Gasteiger partial charge in [-0.2, -0.15) is 0 Å². The molecule has 1 amide bonds. The van der Waals surface area contributed by atoms with Crippen LogP contribution in [0.2, 0.25) is 0 Å². The topological polar surface area (TPSA) is 54.5 Å². The van der Waals surface area contributed by atoms with E-state index in [9.17, 15) is 4.79 Å². The molecule has 0 aromatic carbocycles. The number of nitrogens with zero attached hydrogens (tertiary/aromatic N) is 2. The van der Waals surface area contributed by atoms with E-state index < -0.39 is 0 Å². The number of hydrogen-bond acceptors (Lipinski definition) is 4. The third-order valence-corrected chi connectivity index (χ3v) is 5.01. The van der Waals surface area contributed by atoms with Gasteiger partial charge in [-0.15, -0.1) is 0 Å². The van der Waals surface area contributed by atoms with Gasteiger partial charge >= 0.3 is 0 Å². The molecular weight excluding hydrogens is 290 g/mol. The molecule has 2 fully saturated rings. The summed E-state index contributed by atoms with van der Waals surface area (Å²) < 4.78 is 5.48. The molecule has 0 bridgehead atoms. The Bertz CT molecular complexity index is 494. The number of nitrogens with one attached hydrogen (secondary N) is 1. The van der Waals surface area contributed by atoms with Gasteiger partial charge in [-0.25, -0.2) is 0 Å².